The lowest BCUT2D eigenvalue weighted by atomic mass is 10.0. The first-order valence-electron chi connectivity index (χ1n) is 6.52. The molecule has 0 radical (unpaired) electrons. The van der Waals surface area contributed by atoms with Gasteiger partial charge in [-0.05, 0) is 30.5 Å². The van der Waals surface area contributed by atoms with Crippen LogP contribution in [-0.4, -0.2) is 30.6 Å². The van der Waals surface area contributed by atoms with E-state index in [0.29, 0.717) is 6.04 Å². The van der Waals surface area contributed by atoms with E-state index in [0.717, 1.165) is 44.6 Å². The summed E-state index contributed by atoms with van der Waals surface area (Å²) in [7, 11) is 0. The summed E-state index contributed by atoms with van der Waals surface area (Å²) >= 11 is 5.76. The van der Waals surface area contributed by atoms with Crippen LogP contribution in [0.3, 0.4) is 0 Å². The van der Waals surface area contributed by atoms with E-state index in [1.54, 1.807) is 12.1 Å². The number of hydrogen-bond acceptors (Lipinski definition) is 2. The third kappa shape index (κ3) is 4.21. The minimum Gasteiger partial charge on any atom is -0.310 e. The van der Waals surface area contributed by atoms with Gasteiger partial charge in [-0.15, -0.1) is 6.42 Å². The number of rotatable bonds is 4. The van der Waals surface area contributed by atoms with Crippen molar-refractivity contribution in [3.63, 3.8) is 0 Å². The van der Waals surface area contributed by atoms with E-state index in [4.69, 9.17) is 18.0 Å². The van der Waals surface area contributed by atoms with E-state index in [1.807, 2.05) is 0 Å². The van der Waals surface area contributed by atoms with Crippen molar-refractivity contribution in [1.29, 1.82) is 0 Å². The summed E-state index contributed by atoms with van der Waals surface area (Å²) in [6.45, 7) is 3.53. The Labute approximate surface area is 118 Å². The molecule has 0 spiro atoms. The minimum atomic E-state index is -0.368. The van der Waals surface area contributed by atoms with Crippen LogP contribution in [0.2, 0.25) is 5.02 Å². The summed E-state index contributed by atoms with van der Waals surface area (Å²) < 4.78 is 13.0. The summed E-state index contributed by atoms with van der Waals surface area (Å²) in [5.74, 6) is 2.31. The molecule has 19 heavy (non-hydrogen) atoms. The van der Waals surface area contributed by atoms with E-state index in [1.165, 1.54) is 6.07 Å². The maximum Gasteiger partial charge on any atom is 0.141 e. The van der Waals surface area contributed by atoms with Gasteiger partial charge in [-0.2, -0.15) is 0 Å². The minimum absolute atomic E-state index is 0.183. The first kappa shape index (κ1) is 14.3. The third-order valence-electron chi connectivity index (χ3n) is 3.48. The number of hydrogen-bond donors (Lipinski definition) is 1. The molecule has 0 unspecified atom stereocenters. The van der Waals surface area contributed by atoms with Crippen molar-refractivity contribution in [2.75, 3.05) is 19.6 Å². The average molecular weight is 281 g/mol. The van der Waals surface area contributed by atoms with Crippen molar-refractivity contribution in [2.45, 2.75) is 25.4 Å². The maximum absolute atomic E-state index is 13.0. The van der Waals surface area contributed by atoms with Crippen LogP contribution >= 0.6 is 11.6 Å². The highest BCUT2D eigenvalue weighted by Crippen LogP contribution is 2.16. The average Bonchev–Trinajstić information content (AvgIpc) is 2.42. The number of piperidine rings is 1. The van der Waals surface area contributed by atoms with Gasteiger partial charge in [-0.25, -0.2) is 4.39 Å². The summed E-state index contributed by atoms with van der Waals surface area (Å²) in [6, 6.07) is 5.35. The fraction of sp³-hybridized carbons (Fsp3) is 0.467. The Morgan fingerprint density at radius 2 is 2.16 bits per heavy atom. The molecule has 1 aromatic carbocycles. The largest absolute Gasteiger partial charge is 0.310 e. The van der Waals surface area contributed by atoms with E-state index in [-0.39, 0.29) is 10.8 Å². The van der Waals surface area contributed by atoms with E-state index in [2.05, 4.69) is 16.1 Å². The van der Waals surface area contributed by atoms with Gasteiger partial charge in [0.25, 0.3) is 0 Å². The van der Waals surface area contributed by atoms with Gasteiger partial charge < -0.3 is 5.32 Å². The topological polar surface area (TPSA) is 15.3 Å². The highest BCUT2D eigenvalue weighted by atomic mass is 35.5. The predicted octanol–water partition coefficient (Wildman–Crippen LogP) is 2.67. The predicted molar refractivity (Wildman–Crippen MR) is 76.5 cm³/mol. The summed E-state index contributed by atoms with van der Waals surface area (Å²) in [5, 5.41) is 3.67. The molecule has 1 heterocycles. The second-order valence-corrected chi connectivity index (χ2v) is 5.29. The lowest BCUT2D eigenvalue weighted by Gasteiger charge is -2.31. The molecule has 0 amide bonds. The Morgan fingerprint density at radius 3 is 2.79 bits per heavy atom. The van der Waals surface area contributed by atoms with Gasteiger partial charge >= 0.3 is 0 Å². The molecular weight excluding hydrogens is 263 g/mol. The Balaban J connectivity index is 1.77. The van der Waals surface area contributed by atoms with Gasteiger partial charge in [0.2, 0.25) is 0 Å². The first-order chi connectivity index (χ1) is 9.19. The molecule has 102 valence electrons. The second kappa shape index (κ2) is 6.91. The van der Waals surface area contributed by atoms with Crippen molar-refractivity contribution in [2.24, 2.45) is 0 Å². The monoisotopic (exact) mass is 280 g/mol. The van der Waals surface area contributed by atoms with Crippen molar-refractivity contribution >= 4 is 11.6 Å². The summed E-state index contributed by atoms with van der Waals surface area (Å²) in [5.41, 5.74) is 1.01. The standard InChI is InChI=1S/C15H18ClFN2/c1-2-7-19-8-5-13(6-9-19)18-11-12-3-4-15(17)14(16)10-12/h1,3-4,10,13,18H,5-9,11H2. The molecule has 1 saturated heterocycles. The number of nitrogens with zero attached hydrogens (tertiary/aromatic N) is 1. The van der Waals surface area contributed by atoms with Crippen LogP contribution in [0.25, 0.3) is 0 Å². The normalized spacial score (nSPS) is 17.3. The highest BCUT2D eigenvalue weighted by molar-refractivity contribution is 6.30. The van der Waals surface area contributed by atoms with Crippen LogP contribution < -0.4 is 5.32 Å². The van der Waals surface area contributed by atoms with Crippen LogP contribution in [-0.2, 0) is 6.54 Å². The molecule has 1 N–H and O–H groups in total. The molecule has 0 saturated carbocycles. The summed E-state index contributed by atoms with van der Waals surface area (Å²) in [6.07, 6.45) is 7.49. The van der Waals surface area contributed by atoms with Crippen LogP contribution in [0, 0.1) is 18.2 Å². The Hall–Kier alpha value is -1.08. The molecule has 1 aromatic rings. The maximum atomic E-state index is 13.0. The molecule has 2 nitrogen and oxygen atoms in total. The fourth-order valence-electron chi connectivity index (χ4n) is 2.34. The highest BCUT2D eigenvalue weighted by Gasteiger charge is 2.17. The third-order valence-corrected chi connectivity index (χ3v) is 3.77. The zero-order chi connectivity index (χ0) is 13.7. The molecule has 1 fully saturated rings. The molecule has 1 aliphatic rings. The van der Waals surface area contributed by atoms with E-state index in [9.17, 15) is 4.39 Å². The SMILES string of the molecule is C#CCN1CCC(NCc2ccc(F)c(Cl)c2)CC1. The molecule has 1 aliphatic heterocycles. The first-order valence-corrected chi connectivity index (χ1v) is 6.90. The van der Waals surface area contributed by atoms with Crippen molar-refractivity contribution in [3.8, 4) is 12.3 Å². The van der Waals surface area contributed by atoms with Crippen LogP contribution in [0.15, 0.2) is 18.2 Å². The van der Waals surface area contributed by atoms with Gasteiger partial charge in [0.05, 0.1) is 11.6 Å². The second-order valence-electron chi connectivity index (χ2n) is 4.88. The van der Waals surface area contributed by atoms with Crippen LogP contribution in [0.5, 0.6) is 0 Å². The van der Waals surface area contributed by atoms with E-state index >= 15 is 0 Å². The van der Waals surface area contributed by atoms with Gasteiger partial charge in [0, 0.05) is 25.7 Å². The van der Waals surface area contributed by atoms with Crippen molar-refractivity contribution in [3.05, 3.63) is 34.6 Å². The lowest BCUT2D eigenvalue weighted by molar-refractivity contribution is 0.217. The fourth-order valence-corrected chi connectivity index (χ4v) is 2.54. The molecule has 0 aliphatic carbocycles. The quantitative estimate of drug-likeness (QED) is 0.853. The van der Waals surface area contributed by atoms with E-state index < -0.39 is 0 Å². The zero-order valence-electron chi connectivity index (χ0n) is 10.8. The number of likely N-dealkylation sites (tertiary alicyclic amines) is 1. The molecule has 0 bridgehead atoms. The molecule has 2 rings (SSSR count). The number of halogens is 2. The zero-order valence-corrected chi connectivity index (χ0v) is 11.6. The molecule has 4 heteroatoms. The van der Waals surface area contributed by atoms with Gasteiger partial charge in [-0.3, -0.25) is 4.90 Å². The Kier molecular flexibility index (Phi) is 5.21. The van der Waals surface area contributed by atoms with Crippen molar-refractivity contribution < 1.29 is 4.39 Å². The number of nitrogens with one attached hydrogen (secondary N) is 1. The molecular formula is C15H18ClFN2. The van der Waals surface area contributed by atoms with Crippen LogP contribution in [0.1, 0.15) is 18.4 Å². The van der Waals surface area contributed by atoms with Gasteiger partial charge in [-0.1, -0.05) is 23.6 Å². The Bertz CT molecular complexity index is 462. The smallest absolute Gasteiger partial charge is 0.141 e. The van der Waals surface area contributed by atoms with Gasteiger partial charge in [0.15, 0.2) is 0 Å². The lowest BCUT2D eigenvalue weighted by Crippen LogP contribution is -2.42. The molecule has 0 atom stereocenters. The number of benzene rings is 1. The summed E-state index contributed by atoms with van der Waals surface area (Å²) in [4.78, 5) is 2.28. The molecule has 0 aromatic heterocycles. The van der Waals surface area contributed by atoms with Gasteiger partial charge in [0.1, 0.15) is 5.82 Å². The van der Waals surface area contributed by atoms with Crippen molar-refractivity contribution in [1.82, 2.24) is 10.2 Å². The Morgan fingerprint density at radius 1 is 1.42 bits per heavy atom. The van der Waals surface area contributed by atoms with Crippen LogP contribution in [0.4, 0.5) is 4.39 Å². The number of terminal acetylenes is 1.